The number of hydrogen-bond donors (Lipinski definition) is 0. The second-order valence-electron chi connectivity index (χ2n) is 7.40. The maximum absolute atomic E-state index is 13.0. The summed E-state index contributed by atoms with van der Waals surface area (Å²) in [5, 5.41) is 0. The summed E-state index contributed by atoms with van der Waals surface area (Å²) in [6.07, 6.45) is 0. The zero-order valence-corrected chi connectivity index (χ0v) is 18.9. The molecule has 2 aliphatic rings. The maximum Gasteiger partial charge on any atom is 0.337 e. The molecule has 2 aromatic rings. The average Bonchev–Trinajstić information content (AvgIpc) is 2.86. The van der Waals surface area contributed by atoms with Gasteiger partial charge in [-0.3, -0.25) is 4.79 Å². The number of fused-ring (bicyclic) bond motifs is 1. The highest BCUT2D eigenvalue weighted by molar-refractivity contribution is 7.89. The van der Waals surface area contributed by atoms with Gasteiger partial charge >= 0.3 is 5.97 Å². The van der Waals surface area contributed by atoms with E-state index in [0.29, 0.717) is 36.0 Å². The second-order valence-corrected chi connectivity index (χ2v) is 9.34. The first-order valence-corrected chi connectivity index (χ1v) is 11.8. The first-order valence-electron chi connectivity index (χ1n) is 10.4. The van der Waals surface area contributed by atoms with Gasteiger partial charge in [-0.2, -0.15) is 4.31 Å². The van der Waals surface area contributed by atoms with Crippen LogP contribution in [0.15, 0.2) is 47.4 Å². The molecule has 0 N–H and O–H groups in total. The first-order chi connectivity index (χ1) is 15.9. The normalized spacial score (nSPS) is 16.2. The number of methoxy groups -OCH3 is 1. The molecular formula is C22H24N2O8S. The molecule has 0 saturated carbocycles. The van der Waals surface area contributed by atoms with Crippen LogP contribution in [0.1, 0.15) is 10.4 Å². The predicted molar refractivity (Wildman–Crippen MR) is 116 cm³/mol. The van der Waals surface area contributed by atoms with E-state index in [1.807, 2.05) is 0 Å². The van der Waals surface area contributed by atoms with Gasteiger partial charge < -0.3 is 23.8 Å². The largest absolute Gasteiger partial charge is 0.486 e. The van der Waals surface area contributed by atoms with Crippen LogP contribution in [0.25, 0.3) is 0 Å². The van der Waals surface area contributed by atoms with E-state index in [1.54, 1.807) is 29.2 Å². The Morgan fingerprint density at radius 1 is 0.970 bits per heavy atom. The van der Waals surface area contributed by atoms with Gasteiger partial charge in [0.2, 0.25) is 10.0 Å². The molecule has 0 aromatic heterocycles. The Morgan fingerprint density at radius 2 is 1.70 bits per heavy atom. The van der Waals surface area contributed by atoms with E-state index in [-0.39, 0.29) is 43.6 Å². The molecule has 2 heterocycles. The van der Waals surface area contributed by atoms with Crippen molar-refractivity contribution in [3.8, 4) is 17.2 Å². The third-order valence-electron chi connectivity index (χ3n) is 5.36. The molecule has 0 aliphatic carbocycles. The van der Waals surface area contributed by atoms with E-state index in [0.717, 1.165) is 0 Å². The molecule has 10 nitrogen and oxygen atoms in total. The summed E-state index contributed by atoms with van der Waals surface area (Å²) in [5.41, 5.74) is 0.320. The minimum Gasteiger partial charge on any atom is -0.486 e. The Kier molecular flexibility index (Phi) is 6.70. The first kappa shape index (κ1) is 22.9. The lowest BCUT2D eigenvalue weighted by atomic mass is 10.2. The van der Waals surface area contributed by atoms with Crippen LogP contribution in [0.2, 0.25) is 0 Å². The lowest BCUT2D eigenvalue weighted by molar-refractivity contribution is -0.134. The molecule has 1 saturated heterocycles. The van der Waals surface area contributed by atoms with E-state index < -0.39 is 16.0 Å². The molecule has 33 heavy (non-hydrogen) atoms. The maximum atomic E-state index is 13.0. The summed E-state index contributed by atoms with van der Waals surface area (Å²) in [7, 11) is -2.45. The van der Waals surface area contributed by atoms with Crippen molar-refractivity contribution < 1.29 is 37.0 Å². The molecule has 11 heteroatoms. The number of piperazine rings is 1. The quantitative estimate of drug-likeness (QED) is 0.571. The lowest BCUT2D eigenvalue weighted by Crippen LogP contribution is -2.51. The Labute approximate surface area is 191 Å². The Hall–Kier alpha value is -3.31. The number of benzene rings is 2. The van der Waals surface area contributed by atoms with Gasteiger partial charge in [-0.1, -0.05) is 6.07 Å². The van der Waals surface area contributed by atoms with Crippen LogP contribution < -0.4 is 14.2 Å². The number of esters is 1. The van der Waals surface area contributed by atoms with Crippen LogP contribution in [0.3, 0.4) is 0 Å². The molecule has 4 rings (SSSR count). The highest BCUT2D eigenvalue weighted by atomic mass is 32.2. The van der Waals surface area contributed by atoms with Crippen molar-refractivity contribution in [2.24, 2.45) is 0 Å². The summed E-state index contributed by atoms with van der Waals surface area (Å²) < 4.78 is 48.5. The van der Waals surface area contributed by atoms with Gasteiger partial charge in [0, 0.05) is 32.2 Å². The molecule has 2 aliphatic heterocycles. The van der Waals surface area contributed by atoms with Gasteiger partial charge in [0.25, 0.3) is 5.91 Å². The van der Waals surface area contributed by atoms with Crippen molar-refractivity contribution in [1.82, 2.24) is 9.21 Å². The molecule has 176 valence electrons. The van der Waals surface area contributed by atoms with E-state index in [4.69, 9.17) is 14.2 Å². The fourth-order valence-corrected chi connectivity index (χ4v) is 5.02. The number of hydrogen-bond acceptors (Lipinski definition) is 8. The van der Waals surface area contributed by atoms with E-state index in [9.17, 15) is 18.0 Å². The molecule has 0 radical (unpaired) electrons. The molecule has 0 spiro atoms. The minimum absolute atomic E-state index is 0.125. The zero-order chi connectivity index (χ0) is 23.4. The number of amides is 1. The monoisotopic (exact) mass is 476 g/mol. The molecule has 0 unspecified atom stereocenters. The molecular weight excluding hydrogens is 452 g/mol. The number of sulfonamides is 1. The van der Waals surface area contributed by atoms with Crippen molar-refractivity contribution in [3.05, 3.63) is 48.0 Å². The van der Waals surface area contributed by atoms with E-state index >= 15 is 0 Å². The molecule has 1 fully saturated rings. The Morgan fingerprint density at radius 3 is 2.42 bits per heavy atom. The molecule has 0 bridgehead atoms. The van der Waals surface area contributed by atoms with Gasteiger partial charge in [-0.15, -0.1) is 0 Å². The standard InChI is InChI=1S/C22H24N2O8S/c1-29-22(26)16-3-2-4-17(13-16)32-15-21(25)23-7-9-24(10-8-23)33(27,28)18-5-6-19-20(14-18)31-12-11-30-19/h2-6,13-14H,7-12,15H2,1H3. The van der Waals surface area contributed by atoms with Crippen LogP contribution in [0.4, 0.5) is 0 Å². The van der Waals surface area contributed by atoms with Crippen LogP contribution in [-0.4, -0.2) is 82.6 Å². The van der Waals surface area contributed by atoms with Gasteiger partial charge in [-0.05, 0) is 30.3 Å². The fraction of sp³-hybridized carbons (Fsp3) is 0.364. The van der Waals surface area contributed by atoms with Gasteiger partial charge in [0.05, 0.1) is 17.6 Å². The lowest BCUT2D eigenvalue weighted by Gasteiger charge is -2.34. The minimum atomic E-state index is -3.73. The van der Waals surface area contributed by atoms with Crippen molar-refractivity contribution in [2.75, 3.05) is 53.1 Å². The topological polar surface area (TPSA) is 112 Å². The average molecular weight is 477 g/mol. The Balaban J connectivity index is 1.33. The summed E-state index contributed by atoms with van der Waals surface area (Å²) in [6.45, 7) is 1.39. The van der Waals surface area contributed by atoms with Crippen molar-refractivity contribution >= 4 is 21.9 Å². The van der Waals surface area contributed by atoms with Crippen LogP contribution in [-0.2, 0) is 19.6 Å². The third kappa shape index (κ3) is 5.04. The van der Waals surface area contributed by atoms with Crippen LogP contribution in [0.5, 0.6) is 17.2 Å². The molecule has 0 atom stereocenters. The second kappa shape index (κ2) is 9.67. The number of carbonyl (C=O) groups excluding carboxylic acids is 2. The Bertz CT molecular complexity index is 1140. The van der Waals surface area contributed by atoms with Crippen LogP contribution >= 0.6 is 0 Å². The van der Waals surface area contributed by atoms with Crippen molar-refractivity contribution in [2.45, 2.75) is 4.90 Å². The van der Waals surface area contributed by atoms with E-state index in [1.165, 1.54) is 29.6 Å². The highest BCUT2D eigenvalue weighted by Gasteiger charge is 2.31. The SMILES string of the molecule is COC(=O)c1cccc(OCC(=O)N2CCN(S(=O)(=O)c3ccc4c(c3)OCCO4)CC2)c1. The summed E-state index contributed by atoms with van der Waals surface area (Å²) in [6, 6.07) is 10.9. The van der Waals surface area contributed by atoms with Crippen LogP contribution in [0, 0.1) is 0 Å². The number of carbonyl (C=O) groups is 2. The summed E-state index contributed by atoms with van der Waals surface area (Å²) in [5.74, 6) is 0.528. The summed E-state index contributed by atoms with van der Waals surface area (Å²) in [4.78, 5) is 25.8. The number of rotatable bonds is 6. The zero-order valence-electron chi connectivity index (χ0n) is 18.1. The predicted octanol–water partition coefficient (Wildman–Crippen LogP) is 1.16. The summed E-state index contributed by atoms with van der Waals surface area (Å²) >= 11 is 0. The number of nitrogens with zero attached hydrogens (tertiary/aromatic N) is 2. The van der Waals surface area contributed by atoms with Crippen molar-refractivity contribution in [3.63, 3.8) is 0 Å². The third-order valence-corrected chi connectivity index (χ3v) is 7.25. The van der Waals surface area contributed by atoms with E-state index in [2.05, 4.69) is 4.74 Å². The number of ether oxygens (including phenoxy) is 4. The van der Waals surface area contributed by atoms with Gasteiger partial charge in [0.1, 0.15) is 19.0 Å². The smallest absolute Gasteiger partial charge is 0.337 e. The fourth-order valence-electron chi connectivity index (χ4n) is 3.58. The molecule has 1 amide bonds. The highest BCUT2D eigenvalue weighted by Crippen LogP contribution is 2.33. The van der Waals surface area contributed by atoms with Gasteiger partial charge in [0.15, 0.2) is 18.1 Å². The van der Waals surface area contributed by atoms with Gasteiger partial charge in [-0.25, -0.2) is 13.2 Å². The van der Waals surface area contributed by atoms with Crippen molar-refractivity contribution in [1.29, 1.82) is 0 Å². The molecule has 2 aromatic carbocycles.